The molecule has 1 aliphatic carbocycles. The van der Waals surface area contributed by atoms with Gasteiger partial charge in [-0.25, -0.2) is 0 Å². The molecule has 1 fully saturated rings. The molecule has 4 heteroatoms. The van der Waals surface area contributed by atoms with Gasteiger partial charge in [-0.3, -0.25) is 0 Å². The van der Waals surface area contributed by atoms with Gasteiger partial charge in [0, 0.05) is 6.04 Å². The van der Waals surface area contributed by atoms with Crippen molar-refractivity contribution in [3.8, 4) is 0 Å². The normalized spacial score (nSPS) is 33.0. The maximum Gasteiger partial charge on any atom is 0.393 e. The predicted molar refractivity (Wildman–Crippen MR) is 31.6 cm³/mol. The fourth-order valence-corrected chi connectivity index (χ4v) is 1.10. The van der Waals surface area contributed by atoms with E-state index in [9.17, 15) is 13.2 Å². The van der Waals surface area contributed by atoms with Crippen molar-refractivity contribution in [2.75, 3.05) is 14.1 Å². The number of nitrogens with zero attached hydrogens (tertiary/aromatic N) is 1. The summed E-state index contributed by atoms with van der Waals surface area (Å²) in [6, 6.07) is -0.264. The third-order valence-corrected chi connectivity index (χ3v) is 1.84. The minimum Gasteiger partial charge on any atom is -0.306 e. The van der Waals surface area contributed by atoms with Gasteiger partial charge in [-0.15, -0.1) is 0 Å². The zero-order valence-corrected chi connectivity index (χ0v) is 5.94. The second-order valence-electron chi connectivity index (χ2n) is 2.91. The Bertz CT molecular complexity index is 129. The molecule has 1 aliphatic rings. The molecule has 0 aromatic heterocycles. The molecule has 0 aliphatic heterocycles. The van der Waals surface area contributed by atoms with Crippen LogP contribution < -0.4 is 0 Å². The van der Waals surface area contributed by atoms with Crippen LogP contribution in [0.15, 0.2) is 0 Å². The Hall–Kier alpha value is -0.250. The van der Waals surface area contributed by atoms with E-state index in [0.717, 1.165) is 0 Å². The van der Waals surface area contributed by atoms with Crippen LogP contribution in [0.4, 0.5) is 13.2 Å². The number of halogens is 3. The zero-order chi connectivity index (χ0) is 7.94. The van der Waals surface area contributed by atoms with Crippen molar-refractivity contribution in [3.05, 3.63) is 0 Å². The molecule has 1 rings (SSSR count). The van der Waals surface area contributed by atoms with Gasteiger partial charge in [-0.05, 0) is 20.5 Å². The minimum atomic E-state index is -3.98. The van der Waals surface area contributed by atoms with Crippen LogP contribution in [0.2, 0.25) is 0 Å². The van der Waals surface area contributed by atoms with E-state index in [-0.39, 0.29) is 12.5 Å². The molecule has 1 saturated carbocycles. The third kappa shape index (κ3) is 1.42. The summed E-state index contributed by atoms with van der Waals surface area (Å²) in [7, 11) is 3.35. The summed E-state index contributed by atoms with van der Waals surface area (Å²) in [4.78, 5) is 1.62. The largest absolute Gasteiger partial charge is 0.393 e. The van der Waals surface area contributed by atoms with Crippen molar-refractivity contribution in [1.82, 2.24) is 4.90 Å². The molecule has 2 atom stereocenters. The Morgan fingerprint density at radius 1 is 1.30 bits per heavy atom. The SMILES string of the molecule is CN(C)C1CC1C(F)(F)F. The second-order valence-corrected chi connectivity index (χ2v) is 2.91. The first-order valence-corrected chi connectivity index (χ1v) is 3.16. The lowest BCUT2D eigenvalue weighted by Gasteiger charge is -2.10. The Morgan fingerprint density at radius 2 is 1.80 bits per heavy atom. The van der Waals surface area contributed by atoms with Gasteiger partial charge in [0.25, 0.3) is 0 Å². The molecule has 10 heavy (non-hydrogen) atoms. The lowest BCUT2D eigenvalue weighted by atomic mass is 10.4. The smallest absolute Gasteiger partial charge is 0.306 e. The van der Waals surface area contributed by atoms with Crippen LogP contribution >= 0.6 is 0 Å². The first-order valence-electron chi connectivity index (χ1n) is 3.16. The molecular weight excluding hydrogens is 143 g/mol. The zero-order valence-electron chi connectivity index (χ0n) is 5.94. The molecule has 0 radical (unpaired) electrons. The van der Waals surface area contributed by atoms with Crippen LogP contribution in [0.25, 0.3) is 0 Å². The van der Waals surface area contributed by atoms with Crippen molar-refractivity contribution in [3.63, 3.8) is 0 Å². The molecule has 0 N–H and O–H groups in total. The summed E-state index contributed by atoms with van der Waals surface area (Å²) in [5, 5.41) is 0. The molecule has 0 aromatic carbocycles. The van der Waals surface area contributed by atoms with Gasteiger partial charge in [0.05, 0.1) is 5.92 Å². The van der Waals surface area contributed by atoms with E-state index in [0.29, 0.717) is 0 Å². The van der Waals surface area contributed by atoms with E-state index < -0.39 is 12.1 Å². The number of rotatable bonds is 1. The van der Waals surface area contributed by atoms with Gasteiger partial charge in [-0.2, -0.15) is 13.2 Å². The molecule has 2 unspecified atom stereocenters. The molecule has 0 amide bonds. The Morgan fingerprint density at radius 3 is 1.90 bits per heavy atom. The van der Waals surface area contributed by atoms with E-state index in [4.69, 9.17) is 0 Å². The highest BCUT2D eigenvalue weighted by molar-refractivity contribution is 4.97. The fraction of sp³-hybridized carbons (Fsp3) is 1.00. The standard InChI is InChI=1S/C6H10F3N/c1-10(2)5-3-4(5)6(7,8)9/h4-5H,3H2,1-2H3. The van der Waals surface area contributed by atoms with Gasteiger partial charge in [-0.1, -0.05) is 0 Å². The number of alkyl halides is 3. The van der Waals surface area contributed by atoms with Crippen molar-refractivity contribution in [1.29, 1.82) is 0 Å². The Labute approximate surface area is 57.8 Å². The Balaban J connectivity index is 2.39. The average molecular weight is 153 g/mol. The van der Waals surface area contributed by atoms with Gasteiger partial charge in [0.2, 0.25) is 0 Å². The van der Waals surface area contributed by atoms with Gasteiger partial charge >= 0.3 is 6.18 Å². The Kier molecular flexibility index (Phi) is 1.66. The molecule has 0 heterocycles. The quantitative estimate of drug-likeness (QED) is 0.551. The van der Waals surface area contributed by atoms with Crippen LogP contribution in [0.1, 0.15) is 6.42 Å². The first-order chi connectivity index (χ1) is 4.43. The summed E-state index contributed by atoms with van der Waals surface area (Å²) in [6.45, 7) is 0. The van der Waals surface area contributed by atoms with Gasteiger partial charge < -0.3 is 4.90 Å². The topological polar surface area (TPSA) is 3.24 Å². The predicted octanol–water partition coefficient (Wildman–Crippen LogP) is 1.50. The van der Waals surface area contributed by atoms with Crippen LogP contribution in [-0.4, -0.2) is 31.2 Å². The van der Waals surface area contributed by atoms with E-state index in [2.05, 4.69) is 0 Å². The highest BCUT2D eigenvalue weighted by Crippen LogP contribution is 2.46. The summed E-state index contributed by atoms with van der Waals surface area (Å²) in [5.41, 5.74) is 0. The third-order valence-electron chi connectivity index (χ3n) is 1.84. The van der Waals surface area contributed by atoms with E-state index >= 15 is 0 Å². The second kappa shape index (κ2) is 2.12. The van der Waals surface area contributed by atoms with Gasteiger partial charge in [0.15, 0.2) is 0 Å². The van der Waals surface area contributed by atoms with Crippen molar-refractivity contribution in [2.24, 2.45) is 5.92 Å². The summed E-state index contributed by atoms with van der Waals surface area (Å²) >= 11 is 0. The van der Waals surface area contributed by atoms with Crippen LogP contribution in [0, 0.1) is 5.92 Å². The van der Waals surface area contributed by atoms with Crippen molar-refractivity contribution >= 4 is 0 Å². The average Bonchev–Trinajstić information content (AvgIpc) is 2.35. The van der Waals surface area contributed by atoms with E-state index in [1.165, 1.54) is 0 Å². The highest BCUT2D eigenvalue weighted by atomic mass is 19.4. The maximum absolute atomic E-state index is 11.8. The van der Waals surface area contributed by atoms with Crippen LogP contribution in [0.5, 0.6) is 0 Å². The minimum absolute atomic E-state index is 0.264. The van der Waals surface area contributed by atoms with Crippen molar-refractivity contribution in [2.45, 2.75) is 18.6 Å². The molecule has 0 bridgehead atoms. The molecule has 0 aromatic rings. The number of hydrogen-bond acceptors (Lipinski definition) is 1. The first kappa shape index (κ1) is 7.85. The van der Waals surface area contributed by atoms with Crippen LogP contribution in [0.3, 0.4) is 0 Å². The summed E-state index contributed by atoms with van der Waals surface area (Å²) in [6.07, 6.45) is -3.70. The monoisotopic (exact) mass is 153 g/mol. The fourth-order valence-electron chi connectivity index (χ4n) is 1.10. The lowest BCUT2D eigenvalue weighted by molar-refractivity contribution is -0.151. The van der Waals surface area contributed by atoms with E-state index in [1.54, 1.807) is 19.0 Å². The van der Waals surface area contributed by atoms with Gasteiger partial charge in [0.1, 0.15) is 0 Å². The molecule has 60 valence electrons. The maximum atomic E-state index is 11.8. The molecule has 1 nitrogen and oxygen atoms in total. The van der Waals surface area contributed by atoms with E-state index in [1.807, 2.05) is 0 Å². The summed E-state index contributed by atoms with van der Waals surface area (Å²) < 4.78 is 35.5. The van der Waals surface area contributed by atoms with Crippen LogP contribution in [-0.2, 0) is 0 Å². The molecule has 0 saturated heterocycles. The highest BCUT2D eigenvalue weighted by Gasteiger charge is 2.56. The molecule has 0 spiro atoms. The number of hydrogen-bond donors (Lipinski definition) is 0. The lowest BCUT2D eigenvalue weighted by Crippen LogP contribution is -2.22. The van der Waals surface area contributed by atoms with Crippen molar-refractivity contribution < 1.29 is 13.2 Å². The molecular formula is C6H10F3N. The summed E-state index contributed by atoms with van der Waals surface area (Å²) in [5.74, 6) is -1.07.